The number of morpholine rings is 1. The van der Waals surface area contributed by atoms with Crippen molar-refractivity contribution in [2.45, 2.75) is 25.4 Å². The Hall–Kier alpha value is -1.32. The maximum absolute atomic E-state index is 13.0. The zero-order valence-electron chi connectivity index (χ0n) is 13.1. The van der Waals surface area contributed by atoms with Crippen molar-refractivity contribution in [3.63, 3.8) is 0 Å². The fraction of sp³-hybridized carbons (Fsp3) is 0.714. The highest BCUT2D eigenvalue weighted by Gasteiger charge is 2.42. The number of sulfonamides is 1. The van der Waals surface area contributed by atoms with Gasteiger partial charge in [-0.05, 0) is 19.8 Å². The van der Waals surface area contributed by atoms with Crippen LogP contribution in [0.3, 0.4) is 0 Å². The molecule has 0 radical (unpaired) electrons. The van der Waals surface area contributed by atoms with Gasteiger partial charge in [-0.2, -0.15) is 0 Å². The predicted molar refractivity (Wildman–Crippen MR) is 83.2 cm³/mol. The predicted octanol–water partition coefficient (Wildman–Crippen LogP) is 0.637. The molecule has 0 aromatic carbocycles. The van der Waals surface area contributed by atoms with Crippen molar-refractivity contribution in [2.24, 2.45) is 0 Å². The van der Waals surface area contributed by atoms with Crippen LogP contribution in [0.5, 0.6) is 0 Å². The van der Waals surface area contributed by atoms with E-state index in [0.717, 1.165) is 12.4 Å². The molecule has 3 heterocycles. The smallest absolute Gasteiger partial charge is 0.225 e. The van der Waals surface area contributed by atoms with Crippen LogP contribution < -0.4 is 4.90 Å². The number of aromatic nitrogens is 2. The molecule has 0 N–H and O–H groups in total. The van der Waals surface area contributed by atoms with Crippen LogP contribution in [-0.4, -0.2) is 66.8 Å². The topological polar surface area (TPSA) is 75.6 Å². The highest BCUT2D eigenvalue weighted by Crippen LogP contribution is 2.32. The van der Waals surface area contributed by atoms with Crippen LogP contribution in [0.4, 0.5) is 10.3 Å². The minimum Gasteiger partial charge on any atom is -0.371 e. The lowest BCUT2D eigenvalue weighted by Gasteiger charge is -2.46. The first-order valence-electron chi connectivity index (χ1n) is 7.78. The Bertz CT molecular complexity index is 644. The van der Waals surface area contributed by atoms with Gasteiger partial charge in [0.05, 0.1) is 36.9 Å². The van der Waals surface area contributed by atoms with Crippen LogP contribution in [-0.2, 0) is 14.8 Å². The quantitative estimate of drug-likeness (QED) is 0.801. The molecule has 0 amide bonds. The third kappa shape index (κ3) is 3.46. The fourth-order valence-electron chi connectivity index (χ4n) is 3.14. The van der Waals surface area contributed by atoms with Crippen LogP contribution in [0.25, 0.3) is 0 Å². The normalized spacial score (nSPS) is 22.4. The van der Waals surface area contributed by atoms with E-state index in [4.69, 9.17) is 4.74 Å². The van der Waals surface area contributed by atoms with E-state index in [2.05, 4.69) is 9.97 Å². The summed E-state index contributed by atoms with van der Waals surface area (Å²) in [5.41, 5.74) is -0.379. The highest BCUT2D eigenvalue weighted by atomic mass is 32.2. The fourth-order valence-corrected chi connectivity index (χ4v) is 4.25. The molecule has 2 aliphatic rings. The molecule has 0 saturated carbocycles. The number of halogens is 1. The van der Waals surface area contributed by atoms with Crippen LogP contribution in [0, 0.1) is 5.82 Å². The number of ether oxygens (including phenoxy) is 1. The maximum atomic E-state index is 13.0. The molecule has 2 saturated heterocycles. The van der Waals surface area contributed by atoms with E-state index < -0.39 is 15.8 Å². The Labute approximate surface area is 135 Å². The number of hydrogen-bond donors (Lipinski definition) is 0. The maximum Gasteiger partial charge on any atom is 0.225 e. The Morgan fingerprint density at radius 3 is 2.52 bits per heavy atom. The lowest BCUT2D eigenvalue weighted by Crippen LogP contribution is -2.58. The summed E-state index contributed by atoms with van der Waals surface area (Å²) < 4.78 is 44.4. The molecule has 0 unspecified atom stereocenters. The van der Waals surface area contributed by atoms with Gasteiger partial charge in [0.2, 0.25) is 16.0 Å². The van der Waals surface area contributed by atoms with Crippen molar-refractivity contribution in [1.29, 1.82) is 0 Å². The van der Waals surface area contributed by atoms with Gasteiger partial charge in [0.1, 0.15) is 0 Å². The van der Waals surface area contributed by atoms with Gasteiger partial charge in [0.25, 0.3) is 0 Å². The molecule has 1 aromatic heterocycles. The van der Waals surface area contributed by atoms with Crippen LogP contribution in [0.1, 0.15) is 19.8 Å². The molecule has 0 aliphatic carbocycles. The third-order valence-electron chi connectivity index (χ3n) is 4.53. The second-order valence-corrected chi connectivity index (χ2v) is 8.21. The summed E-state index contributed by atoms with van der Waals surface area (Å²) in [4.78, 5) is 10.0. The van der Waals surface area contributed by atoms with Crippen LogP contribution in [0.2, 0.25) is 0 Å². The molecular formula is C14H21FN4O3S. The number of anilines is 1. The van der Waals surface area contributed by atoms with Crippen molar-refractivity contribution in [2.75, 3.05) is 43.4 Å². The summed E-state index contributed by atoms with van der Waals surface area (Å²) in [6.45, 7) is 4.36. The summed E-state index contributed by atoms with van der Waals surface area (Å²) in [7, 11) is -3.15. The van der Waals surface area contributed by atoms with Crippen molar-refractivity contribution in [3.05, 3.63) is 18.2 Å². The standard InChI is InChI=1S/C14H21FN4O3S/c1-2-23(20,21)19-5-3-14(4-6-19)11-18(7-8-22-14)13-16-9-12(15)10-17-13/h9-10H,2-8,11H2,1H3. The SMILES string of the molecule is CCS(=O)(=O)N1CCC2(CC1)CN(c1ncc(F)cn1)CCO2. The van der Waals surface area contributed by atoms with E-state index >= 15 is 0 Å². The third-order valence-corrected chi connectivity index (χ3v) is 6.41. The molecule has 128 valence electrons. The summed E-state index contributed by atoms with van der Waals surface area (Å²) in [6, 6.07) is 0. The highest BCUT2D eigenvalue weighted by molar-refractivity contribution is 7.89. The second kappa shape index (κ2) is 6.29. The van der Waals surface area contributed by atoms with E-state index in [9.17, 15) is 12.8 Å². The van der Waals surface area contributed by atoms with E-state index in [1.165, 1.54) is 4.31 Å². The zero-order chi connectivity index (χ0) is 16.5. The first kappa shape index (κ1) is 16.5. The van der Waals surface area contributed by atoms with E-state index in [1.54, 1.807) is 6.92 Å². The molecule has 0 atom stereocenters. The Morgan fingerprint density at radius 2 is 1.91 bits per heavy atom. The van der Waals surface area contributed by atoms with Gasteiger partial charge in [-0.25, -0.2) is 27.1 Å². The molecule has 9 heteroatoms. The Kier molecular flexibility index (Phi) is 4.52. The molecule has 1 spiro atoms. The number of rotatable bonds is 3. The van der Waals surface area contributed by atoms with Crippen molar-refractivity contribution < 1.29 is 17.5 Å². The molecule has 3 rings (SSSR count). The van der Waals surface area contributed by atoms with Crippen LogP contribution in [0.15, 0.2) is 12.4 Å². The lowest BCUT2D eigenvalue weighted by atomic mass is 9.90. The summed E-state index contributed by atoms with van der Waals surface area (Å²) in [6.07, 6.45) is 3.59. The van der Waals surface area contributed by atoms with Crippen molar-refractivity contribution in [1.82, 2.24) is 14.3 Å². The molecule has 23 heavy (non-hydrogen) atoms. The summed E-state index contributed by atoms with van der Waals surface area (Å²) >= 11 is 0. The van der Waals surface area contributed by atoms with Gasteiger partial charge >= 0.3 is 0 Å². The molecule has 0 bridgehead atoms. The van der Waals surface area contributed by atoms with Gasteiger partial charge in [-0.3, -0.25) is 0 Å². The average Bonchev–Trinajstić information content (AvgIpc) is 2.56. The first-order valence-corrected chi connectivity index (χ1v) is 9.39. The molecule has 1 aromatic rings. The molecule has 2 aliphatic heterocycles. The van der Waals surface area contributed by atoms with Crippen molar-refractivity contribution >= 4 is 16.0 Å². The number of hydrogen-bond acceptors (Lipinski definition) is 6. The molecule has 7 nitrogen and oxygen atoms in total. The van der Waals surface area contributed by atoms with Gasteiger partial charge in [-0.15, -0.1) is 0 Å². The Morgan fingerprint density at radius 1 is 1.26 bits per heavy atom. The van der Waals surface area contributed by atoms with E-state index in [0.29, 0.717) is 51.6 Å². The van der Waals surface area contributed by atoms with Gasteiger partial charge in [0, 0.05) is 19.6 Å². The molecule has 2 fully saturated rings. The van der Waals surface area contributed by atoms with E-state index in [1.807, 2.05) is 4.90 Å². The second-order valence-electron chi connectivity index (χ2n) is 5.95. The van der Waals surface area contributed by atoms with E-state index in [-0.39, 0.29) is 11.4 Å². The van der Waals surface area contributed by atoms with Gasteiger partial charge < -0.3 is 9.64 Å². The monoisotopic (exact) mass is 344 g/mol. The van der Waals surface area contributed by atoms with Gasteiger partial charge in [0.15, 0.2) is 5.82 Å². The first-order chi connectivity index (χ1) is 10.9. The minimum absolute atomic E-state index is 0.121. The summed E-state index contributed by atoms with van der Waals surface area (Å²) in [5.74, 6) is 0.142. The molecular weight excluding hydrogens is 323 g/mol. The lowest BCUT2D eigenvalue weighted by molar-refractivity contribution is -0.0828. The summed E-state index contributed by atoms with van der Waals surface area (Å²) in [5, 5.41) is 0. The number of piperidine rings is 1. The zero-order valence-corrected chi connectivity index (χ0v) is 13.9. The Balaban J connectivity index is 1.68. The van der Waals surface area contributed by atoms with Gasteiger partial charge in [-0.1, -0.05) is 0 Å². The van der Waals surface area contributed by atoms with Crippen LogP contribution >= 0.6 is 0 Å². The van der Waals surface area contributed by atoms with Crippen molar-refractivity contribution in [3.8, 4) is 0 Å². The largest absolute Gasteiger partial charge is 0.371 e. The average molecular weight is 344 g/mol. The minimum atomic E-state index is -3.15. The number of nitrogens with zero attached hydrogens (tertiary/aromatic N) is 4.